The van der Waals surface area contributed by atoms with Crippen LogP contribution in [0.3, 0.4) is 0 Å². The van der Waals surface area contributed by atoms with E-state index in [0.717, 1.165) is 11.3 Å². The Hall–Kier alpha value is -2.18. The lowest BCUT2D eigenvalue weighted by molar-refractivity contribution is 0.0506. The second-order valence-corrected chi connectivity index (χ2v) is 4.29. The largest absolute Gasteiger partial charge is 0.460 e. The van der Waals surface area contributed by atoms with Gasteiger partial charge in [-0.1, -0.05) is 0 Å². The second kappa shape index (κ2) is 5.21. The van der Waals surface area contributed by atoms with Gasteiger partial charge in [0.1, 0.15) is 5.82 Å². The van der Waals surface area contributed by atoms with Gasteiger partial charge in [0.25, 0.3) is 0 Å². The Kier molecular flexibility index (Phi) is 3.64. The number of aryl methyl sites for hydroxylation is 3. The molecular weight excluding hydrogens is 246 g/mol. The number of nitrogens with zero attached hydrogens (tertiary/aromatic N) is 5. The first-order valence-electron chi connectivity index (χ1n) is 6.09. The molecule has 0 aromatic carbocycles. The quantitative estimate of drug-likeness (QED) is 0.765. The molecule has 2 rings (SSSR count). The maximum absolute atomic E-state index is 11.8. The van der Waals surface area contributed by atoms with Crippen molar-refractivity contribution in [1.29, 1.82) is 0 Å². The summed E-state index contributed by atoms with van der Waals surface area (Å²) in [5, 5.41) is 12.1. The van der Waals surface area contributed by atoms with E-state index in [9.17, 15) is 4.79 Å². The van der Waals surface area contributed by atoms with E-state index in [-0.39, 0.29) is 5.82 Å². The van der Waals surface area contributed by atoms with Crippen molar-refractivity contribution >= 4 is 5.97 Å². The van der Waals surface area contributed by atoms with Gasteiger partial charge in [0.15, 0.2) is 0 Å². The maximum Gasteiger partial charge on any atom is 0.376 e. The summed E-state index contributed by atoms with van der Waals surface area (Å²) in [6.45, 7) is 6.32. The third-order valence-electron chi connectivity index (χ3n) is 2.84. The standard InChI is InChI=1S/C12H17N5O2/c1-5-19-12(18)11-14-13-9(3)17(11)7-10-6-16(4)15-8(10)2/h6H,5,7H2,1-4H3. The first-order chi connectivity index (χ1) is 9.02. The van der Waals surface area contributed by atoms with Crippen LogP contribution in [0.2, 0.25) is 0 Å². The van der Waals surface area contributed by atoms with Gasteiger partial charge in [-0.05, 0) is 20.8 Å². The van der Waals surface area contributed by atoms with Gasteiger partial charge in [-0.2, -0.15) is 5.10 Å². The summed E-state index contributed by atoms with van der Waals surface area (Å²) in [4.78, 5) is 11.8. The van der Waals surface area contributed by atoms with Crippen LogP contribution in [0, 0.1) is 13.8 Å². The van der Waals surface area contributed by atoms with E-state index in [4.69, 9.17) is 4.74 Å². The molecule has 19 heavy (non-hydrogen) atoms. The predicted molar refractivity (Wildman–Crippen MR) is 67.8 cm³/mol. The number of carbonyl (C=O) groups excluding carboxylic acids is 1. The molecule has 7 heteroatoms. The zero-order valence-corrected chi connectivity index (χ0v) is 11.5. The zero-order valence-electron chi connectivity index (χ0n) is 11.5. The van der Waals surface area contributed by atoms with E-state index in [0.29, 0.717) is 19.0 Å². The van der Waals surface area contributed by atoms with Crippen molar-refractivity contribution in [2.75, 3.05) is 6.61 Å². The number of ether oxygens (including phenoxy) is 1. The van der Waals surface area contributed by atoms with Crippen molar-refractivity contribution in [3.63, 3.8) is 0 Å². The van der Waals surface area contributed by atoms with Gasteiger partial charge in [-0.25, -0.2) is 4.79 Å². The summed E-state index contributed by atoms with van der Waals surface area (Å²) in [6, 6.07) is 0. The molecule has 0 unspecified atom stereocenters. The van der Waals surface area contributed by atoms with Crippen molar-refractivity contribution < 1.29 is 9.53 Å². The SMILES string of the molecule is CCOC(=O)c1nnc(C)n1Cc1cn(C)nc1C. The summed E-state index contributed by atoms with van der Waals surface area (Å²) >= 11 is 0. The highest BCUT2D eigenvalue weighted by Crippen LogP contribution is 2.11. The van der Waals surface area contributed by atoms with Crippen molar-refractivity contribution in [3.05, 3.63) is 29.1 Å². The molecule has 0 aliphatic carbocycles. The Morgan fingerprint density at radius 1 is 1.37 bits per heavy atom. The van der Waals surface area contributed by atoms with Crippen LogP contribution in [0.25, 0.3) is 0 Å². The van der Waals surface area contributed by atoms with Crippen LogP contribution in [-0.4, -0.2) is 37.1 Å². The van der Waals surface area contributed by atoms with Gasteiger partial charge in [0.05, 0.1) is 18.8 Å². The summed E-state index contributed by atoms with van der Waals surface area (Å²) in [5.74, 6) is 0.443. The van der Waals surface area contributed by atoms with Crippen LogP contribution in [-0.2, 0) is 18.3 Å². The molecule has 0 saturated heterocycles. The van der Waals surface area contributed by atoms with Crippen molar-refractivity contribution in [2.24, 2.45) is 7.05 Å². The minimum Gasteiger partial charge on any atom is -0.460 e. The van der Waals surface area contributed by atoms with Crippen molar-refractivity contribution in [3.8, 4) is 0 Å². The molecule has 2 heterocycles. The van der Waals surface area contributed by atoms with Crippen LogP contribution in [0.4, 0.5) is 0 Å². The summed E-state index contributed by atoms with van der Waals surface area (Å²) in [5.41, 5.74) is 1.95. The fourth-order valence-corrected chi connectivity index (χ4v) is 1.89. The molecule has 0 aliphatic heterocycles. The molecule has 0 spiro atoms. The van der Waals surface area contributed by atoms with Crippen molar-refractivity contribution in [2.45, 2.75) is 27.3 Å². The Balaban J connectivity index is 2.32. The molecule has 0 N–H and O–H groups in total. The average molecular weight is 263 g/mol. The fourth-order valence-electron chi connectivity index (χ4n) is 1.89. The molecule has 0 saturated carbocycles. The minimum atomic E-state index is -0.454. The molecule has 0 amide bonds. The number of aromatic nitrogens is 5. The fraction of sp³-hybridized carbons (Fsp3) is 0.500. The van der Waals surface area contributed by atoms with Gasteiger partial charge in [0, 0.05) is 18.8 Å². The smallest absolute Gasteiger partial charge is 0.376 e. The van der Waals surface area contributed by atoms with E-state index in [1.54, 1.807) is 23.1 Å². The number of hydrogen-bond donors (Lipinski definition) is 0. The minimum absolute atomic E-state index is 0.225. The molecule has 0 fully saturated rings. The lowest BCUT2D eigenvalue weighted by atomic mass is 10.2. The number of carbonyl (C=O) groups is 1. The molecule has 7 nitrogen and oxygen atoms in total. The molecule has 0 bridgehead atoms. The normalized spacial score (nSPS) is 10.7. The summed E-state index contributed by atoms with van der Waals surface area (Å²) < 4.78 is 8.45. The second-order valence-electron chi connectivity index (χ2n) is 4.29. The summed E-state index contributed by atoms with van der Waals surface area (Å²) in [6.07, 6.45) is 1.92. The predicted octanol–water partition coefficient (Wildman–Crippen LogP) is 0.853. The van der Waals surface area contributed by atoms with E-state index in [2.05, 4.69) is 15.3 Å². The highest BCUT2D eigenvalue weighted by atomic mass is 16.5. The van der Waals surface area contributed by atoms with E-state index in [1.165, 1.54) is 0 Å². The van der Waals surface area contributed by atoms with Crippen LogP contribution in [0.15, 0.2) is 6.20 Å². The lowest BCUT2D eigenvalue weighted by Gasteiger charge is -2.07. The molecular formula is C12H17N5O2. The van der Waals surface area contributed by atoms with Gasteiger partial charge in [-0.15, -0.1) is 10.2 Å². The van der Waals surface area contributed by atoms with Crippen LogP contribution >= 0.6 is 0 Å². The van der Waals surface area contributed by atoms with Gasteiger partial charge >= 0.3 is 5.97 Å². The maximum atomic E-state index is 11.8. The summed E-state index contributed by atoms with van der Waals surface area (Å²) in [7, 11) is 1.86. The first kappa shape index (κ1) is 13.3. The van der Waals surface area contributed by atoms with E-state index < -0.39 is 5.97 Å². The molecule has 2 aromatic rings. The Morgan fingerprint density at radius 3 is 2.68 bits per heavy atom. The highest BCUT2D eigenvalue weighted by molar-refractivity contribution is 5.85. The number of hydrogen-bond acceptors (Lipinski definition) is 5. The van der Waals surface area contributed by atoms with Gasteiger partial charge < -0.3 is 9.30 Å². The third kappa shape index (κ3) is 2.64. The molecule has 0 radical (unpaired) electrons. The number of rotatable bonds is 4. The number of esters is 1. The van der Waals surface area contributed by atoms with Crippen LogP contribution in [0.5, 0.6) is 0 Å². The first-order valence-corrected chi connectivity index (χ1v) is 6.09. The molecule has 0 aliphatic rings. The monoisotopic (exact) mass is 263 g/mol. The average Bonchev–Trinajstić information content (AvgIpc) is 2.85. The van der Waals surface area contributed by atoms with Crippen LogP contribution in [0.1, 0.15) is 34.6 Å². The highest BCUT2D eigenvalue weighted by Gasteiger charge is 2.19. The van der Waals surface area contributed by atoms with E-state index >= 15 is 0 Å². The molecule has 102 valence electrons. The third-order valence-corrected chi connectivity index (χ3v) is 2.84. The Morgan fingerprint density at radius 2 is 2.11 bits per heavy atom. The van der Waals surface area contributed by atoms with Gasteiger partial charge in [-0.3, -0.25) is 4.68 Å². The van der Waals surface area contributed by atoms with Crippen molar-refractivity contribution in [1.82, 2.24) is 24.5 Å². The molecule has 2 aromatic heterocycles. The zero-order chi connectivity index (χ0) is 14.0. The Labute approximate surface area is 111 Å². The van der Waals surface area contributed by atoms with Gasteiger partial charge in [0.2, 0.25) is 5.82 Å². The van der Waals surface area contributed by atoms with E-state index in [1.807, 2.05) is 20.2 Å². The molecule has 0 atom stereocenters. The van der Waals surface area contributed by atoms with Crippen LogP contribution < -0.4 is 0 Å². The lowest BCUT2D eigenvalue weighted by Crippen LogP contribution is -2.15. The Bertz CT molecular complexity index is 599. The topological polar surface area (TPSA) is 74.8 Å².